The van der Waals surface area contributed by atoms with Crippen LogP contribution in [0.5, 0.6) is 0 Å². The van der Waals surface area contributed by atoms with Crippen LogP contribution in [0.25, 0.3) is 0 Å². The SMILES string of the molecule is C[C@@H](O)[C@H](NC(=O)Cc1ccc(F)c(F)c1)C(=O)O. The van der Waals surface area contributed by atoms with Crippen molar-refractivity contribution in [1.29, 1.82) is 0 Å². The maximum Gasteiger partial charge on any atom is 0.328 e. The lowest BCUT2D eigenvalue weighted by molar-refractivity contribution is -0.144. The fourth-order valence-corrected chi connectivity index (χ4v) is 1.45. The average Bonchev–Trinajstić information content (AvgIpc) is 2.30. The molecule has 1 amide bonds. The van der Waals surface area contributed by atoms with Gasteiger partial charge >= 0.3 is 5.97 Å². The van der Waals surface area contributed by atoms with Crippen LogP contribution in [0.2, 0.25) is 0 Å². The van der Waals surface area contributed by atoms with Gasteiger partial charge in [-0.25, -0.2) is 13.6 Å². The third-order valence-corrected chi connectivity index (χ3v) is 2.41. The molecule has 19 heavy (non-hydrogen) atoms. The van der Waals surface area contributed by atoms with Crippen LogP contribution in [0.1, 0.15) is 12.5 Å². The highest BCUT2D eigenvalue weighted by molar-refractivity contribution is 5.85. The van der Waals surface area contributed by atoms with E-state index in [-0.39, 0.29) is 12.0 Å². The molecule has 3 N–H and O–H groups in total. The Kier molecular flexibility index (Phi) is 4.94. The molecule has 0 aliphatic rings. The molecular weight excluding hydrogens is 260 g/mol. The third kappa shape index (κ3) is 4.29. The third-order valence-electron chi connectivity index (χ3n) is 2.41. The van der Waals surface area contributed by atoms with Gasteiger partial charge in [0.2, 0.25) is 5.91 Å². The molecule has 104 valence electrons. The fourth-order valence-electron chi connectivity index (χ4n) is 1.45. The fraction of sp³-hybridized carbons (Fsp3) is 0.333. The first-order valence-corrected chi connectivity index (χ1v) is 5.45. The molecule has 1 aromatic carbocycles. The number of carbonyl (C=O) groups is 2. The van der Waals surface area contributed by atoms with Gasteiger partial charge in [-0.15, -0.1) is 0 Å². The molecule has 0 unspecified atom stereocenters. The molecule has 0 radical (unpaired) electrons. The second kappa shape index (κ2) is 6.24. The van der Waals surface area contributed by atoms with Crippen LogP contribution in [0.3, 0.4) is 0 Å². The second-order valence-electron chi connectivity index (χ2n) is 4.05. The minimum Gasteiger partial charge on any atom is -0.480 e. The van der Waals surface area contributed by atoms with Crippen molar-refractivity contribution < 1.29 is 28.6 Å². The van der Waals surface area contributed by atoms with E-state index in [1.165, 1.54) is 13.0 Å². The van der Waals surface area contributed by atoms with Gasteiger partial charge < -0.3 is 15.5 Å². The number of rotatable bonds is 5. The molecular formula is C12H13F2NO4. The summed E-state index contributed by atoms with van der Waals surface area (Å²) in [6.45, 7) is 1.22. The molecule has 0 aromatic heterocycles. The molecule has 1 aromatic rings. The van der Waals surface area contributed by atoms with Gasteiger partial charge in [0.25, 0.3) is 0 Å². The molecule has 0 spiro atoms. The molecule has 0 saturated carbocycles. The molecule has 0 aliphatic heterocycles. The van der Waals surface area contributed by atoms with Crippen LogP contribution in [0, 0.1) is 11.6 Å². The first-order valence-electron chi connectivity index (χ1n) is 5.45. The van der Waals surface area contributed by atoms with Crippen molar-refractivity contribution in [1.82, 2.24) is 5.32 Å². The van der Waals surface area contributed by atoms with E-state index in [1.54, 1.807) is 0 Å². The Hall–Kier alpha value is -2.02. The summed E-state index contributed by atoms with van der Waals surface area (Å²) in [5.74, 6) is -4.21. The number of hydrogen-bond acceptors (Lipinski definition) is 3. The van der Waals surface area contributed by atoms with Crippen molar-refractivity contribution >= 4 is 11.9 Å². The zero-order valence-electron chi connectivity index (χ0n) is 10.1. The summed E-state index contributed by atoms with van der Waals surface area (Å²) in [5.41, 5.74) is 0.200. The number of carboxylic acid groups (broad SMARTS) is 1. The number of amides is 1. The highest BCUT2D eigenvalue weighted by atomic mass is 19.2. The van der Waals surface area contributed by atoms with Crippen LogP contribution in [0.4, 0.5) is 8.78 Å². The van der Waals surface area contributed by atoms with E-state index in [9.17, 15) is 23.5 Å². The molecule has 0 aliphatic carbocycles. The number of carboxylic acids is 1. The van der Waals surface area contributed by atoms with Gasteiger partial charge in [0.05, 0.1) is 12.5 Å². The first kappa shape index (κ1) is 15.0. The van der Waals surface area contributed by atoms with Gasteiger partial charge in [0.15, 0.2) is 17.7 Å². The van der Waals surface area contributed by atoms with E-state index in [0.29, 0.717) is 0 Å². The van der Waals surface area contributed by atoms with E-state index in [2.05, 4.69) is 5.32 Å². The van der Waals surface area contributed by atoms with E-state index in [0.717, 1.165) is 12.1 Å². The number of aliphatic hydroxyl groups is 1. The number of benzene rings is 1. The van der Waals surface area contributed by atoms with Crippen molar-refractivity contribution in [2.75, 3.05) is 0 Å². The van der Waals surface area contributed by atoms with Gasteiger partial charge in [0.1, 0.15) is 0 Å². The van der Waals surface area contributed by atoms with Crippen molar-refractivity contribution in [3.05, 3.63) is 35.4 Å². The normalized spacial score (nSPS) is 13.7. The molecule has 7 heteroatoms. The quantitative estimate of drug-likeness (QED) is 0.727. The molecule has 0 fully saturated rings. The number of aliphatic hydroxyl groups excluding tert-OH is 1. The van der Waals surface area contributed by atoms with E-state index >= 15 is 0 Å². The summed E-state index contributed by atoms with van der Waals surface area (Å²) in [7, 11) is 0. The minimum absolute atomic E-state index is 0.200. The average molecular weight is 273 g/mol. The highest BCUT2D eigenvalue weighted by Crippen LogP contribution is 2.09. The van der Waals surface area contributed by atoms with E-state index < -0.39 is 35.7 Å². The van der Waals surface area contributed by atoms with Crippen molar-refractivity contribution in [3.8, 4) is 0 Å². The zero-order chi connectivity index (χ0) is 14.6. The van der Waals surface area contributed by atoms with Crippen LogP contribution in [-0.4, -0.2) is 34.2 Å². The summed E-state index contributed by atoms with van der Waals surface area (Å²) >= 11 is 0. The Morgan fingerprint density at radius 2 is 1.95 bits per heavy atom. The summed E-state index contributed by atoms with van der Waals surface area (Å²) in [6.07, 6.45) is -1.58. The van der Waals surface area contributed by atoms with Crippen molar-refractivity contribution in [3.63, 3.8) is 0 Å². The monoisotopic (exact) mass is 273 g/mol. The summed E-state index contributed by atoms with van der Waals surface area (Å²) in [5, 5.41) is 20.0. The number of halogens is 2. The highest BCUT2D eigenvalue weighted by Gasteiger charge is 2.24. The molecule has 1 rings (SSSR count). The van der Waals surface area contributed by atoms with E-state index in [1.807, 2.05) is 0 Å². The van der Waals surface area contributed by atoms with Crippen LogP contribution < -0.4 is 5.32 Å². The molecule has 0 saturated heterocycles. The van der Waals surface area contributed by atoms with E-state index in [4.69, 9.17) is 5.11 Å². The predicted molar refractivity (Wildman–Crippen MR) is 61.3 cm³/mol. The molecule has 0 bridgehead atoms. The Labute approximate surface area is 107 Å². The Morgan fingerprint density at radius 3 is 2.42 bits per heavy atom. The Morgan fingerprint density at radius 1 is 1.32 bits per heavy atom. The standard InChI is InChI=1S/C12H13F2NO4/c1-6(16)11(12(18)19)15-10(17)5-7-2-3-8(13)9(14)4-7/h2-4,6,11,16H,5H2,1H3,(H,15,17)(H,18,19)/t6-,11+/m1/s1. The lowest BCUT2D eigenvalue weighted by Crippen LogP contribution is -2.48. The number of nitrogens with one attached hydrogen (secondary N) is 1. The summed E-state index contributed by atoms with van der Waals surface area (Å²) < 4.78 is 25.6. The Bertz CT molecular complexity index is 491. The first-order chi connectivity index (χ1) is 8.81. The van der Waals surface area contributed by atoms with Crippen molar-refractivity contribution in [2.24, 2.45) is 0 Å². The van der Waals surface area contributed by atoms with Gasteiger partial charge in [-0.3, -0.25) is 4.79 Å². The lowest BCUT2D eigenvalue weighted by atomic mass is 10.1. The topological polar surface area (TPSA) is 86.6 Å². The van der Waals surface area contributed by atoms with Crippen molar-refractivity contribution in [2.45, 2.75) is 25.5 Å². The van der Waals surface area contributed by atoms with Gasteiger partial charge in [-0.05, 0) is 24.6 Å². The number of carbonyl (C=O) groups excluding carboxylic acids is 1. The number of hydrogen-bond donors (Lipinski definition) is 3. The largest absolute Gasteiger partial charge is 0.480 e. The summed E-state index contributed by atoms with van der Waals surface area (Å²) in [4.78, 5) is 22.3. The summed E-state index contributed by atoms with van der Waals surface area (Å²) in [6, 6.07) is 1.50. The lowest BCUT2D eigenvalue weighted by Gasteiger charge is -2.16. The molecule has 5 nitrogen and oxygen atoms in total. The Balaban J connectivity index is 2.69. The molecule has 2 atom stereocenters. The van der Waals surface area contributed by atoms with Gasteiger partial charge in [0, 0.05) is 0 Å². The van der Waals surface area contributed by atoms with Gasteiger partial charge in [-0.2, -0.15) is 0 Å². The molecule has 0 heterocycles. The second-order valence-corrected chi connectivity index (χ2v) is 4.05. The van der Waals surface area contributed by atoms with Crippen LogP contribution in [-0.2, 0) is 16.0 Å². The maximum atomic E-state index is 12.9. The van der Waals surface area contributed by atoms with Crippen LogP contribution in [0.15, 0.2) is 18.2 Å². The smallest absolute Gasteiger partial charge is 0.328 e. The van der Waals surface area contributed by atoms with Gasteiger partial charge in [-0.1, -0.05) is 6.07 Å². The minimum atomic E-state index is -1.45. The zero-order valence-corrected chi connectivity index (χ0v) is 10.1. The van der Waals surface area contributed by atoms with Crippen LogP contribution >= 0.6 is 0 Å². The maximum absolute atomic E-state index is 12.9. The number of aliphatic carboxylic acids is 1. The predicted octanol–water partition coefficient (Wildman–Crippen LogP) is 0.457.